The molecule has 0 saturated heterocycles. The Kier molecular flexibility index (Phi) is 7.56. The Morgan fingerprint density at radius 2 is 1.81 bits per heavy atom. The fourth-order valence-corrected chi connectivity index (χ4v) is 2.06. The van der Waals surface area contributed by atoms with E-state index in [2.05, 4.69) is 28.0 Å². The predicted octanol–water partition coefficient (Wildman–Crippen LogP) is 4.86. The van der Waals surface area contributed by atoms with Crippen LogP contribution in [-0.4, -0.2) is 5.16 Å². The van der Waals surface area contributed by atoms with E-state index in [1.54, 1.807) is 0 Å². The highest BCUT2D eigenvalue weighted by atomic mass is 79.9. The smallest absolute Gasteiger partial charge is 0.147 e. The zero-order valence-corrected chi connectivity index (χ0v) is 11.8. The molecule has 2 nitrogen and oxygen atoms in total. The van der Waals surface area contributed by atoms with Crippen molar-refractivity contribution in [2.75, 3.05) is 0 Å². The first-order valence-electron chi connectivity index (χ1n) is 6.37. The van der Waals surface area contributed by atoms with Gasteiger partial charge in [0.05, 0.1) is 11.0 Å². The molecule has 0 aliphatic rings. The lowest BCUT2D eigenvalue weighted by Crippen LogP contribution is -1.86. The second-order valence-electron chi connectivity index (χ2n) is 4.29. The standard InChI is InChI=1S/C13H22BrNO/c1-2-3-4-5-6-7-8-9-12-10-13(11-14)16-15-12/h10H,2-9,11H2,1H3. The highest BCUT2D eigenvalue weighted by molar-refractivity contribution is 9.08. The van der Waals surface area contributed by atoms with E-state index in [1.807, 2.05) is 6.07 Å². The van der Waals surface area contributed by atoms with Crippen molar-refractivity contribution >= 4 is 15.9 Å². The van der Waals surface area contributed by atoms with Gasteiger partial charge in [0.15, 0.2) is 0 Å². The van der Waals surface area contributed by atoms with E-state index in [4.69, 9.17) is 4.52 Å². The van der Waals surface area contributed by atoms with Crippen molar-refractivity contribution in [2.24, 2.45) is 0 Å². The summed E-state index contributed by atoms with van der Waals surface area (Å²) in [7, 11) is 0. The average molecular weight is 288 g/mol. The minimum absolute atomic E-state index is 0.761. The van der Waals surface area contributed by atoms with Crippen molar-refractivity contribution in [1.82, 2.24) is 5.16 Å². The predicted molar refractivity (Wildman–Crippen MR) is 70.8 cm³/mol. The molecule has 0 fully saturated rings. The molecular weight excluding hydrogens is 266 g/mol. The van der Waals surface area contributed by atoms with Crippen molar-refractivity contribution in [3.63, 3.8) is 0 Å². The van der Waals surface area contributed by atoms with Crippen LogP contribution >= 0.6 is 15.9 Å². The molecule has 16 heavy (non-hydrogen) atoms. The Balaban J connectivity index is 1.98. The molecular formula is C13H22BrNO. The molecule has 1 aromatic heterocycles. The van der Waals surface area contributed by atoms with E-state index in [1.165, 1.54) is 44.9 Å². The maximum atomic E-state index is 5.13. The second-order valence-corrected chi connectivity index (χ2v) is 4.85. The van der Waals surface area contributed by atoms with Crippen LogP contribution in [0.15, 0.2) is 10.6 Å². The summed E-state index contributed by atoms with van der Waals surface area (Å²) in [5.41, 5.74) is 1.10. The first-order valence-corrected chi connectivity index (χ1v) is 7.49. The van der Waals surface area contributed by atoms with Gasteiger partial charge in [-0.2, -0.15) is 0 Å². The molecule has 3 heteroatoms. The summed E-state index contributed by atoms with van der Waals surface area (Å²) in [6, 6.07) is 2.05. The van der Waals surface area contributed by atoms with E-state index >= 15 is 0 Å². The second kappa shape index (κ2) is 8.80. The third kappa shape index (κ3) is 5.69. The van der Waals surface area contributed by atoms with Crippen LogP contribution in [0.1, 0.15) is 63.3 Å². The molecule has 0 spiro atoms. The summed E-state index contributed by atoms with van der Waals surface area (Å²) in [5.74, 6) is 0.929. The van der Waals surface area contributed by atoms with Gasteiger partial charge in [-0.25, -0.2) is 0 Å². The van der Waals surface area contributed by atoms with Crippen LogP contribution in [0.4, 0.5) is 0 Å². The van der Waals surface area contributed by atoms with Gasteiger partial charge in [-0.3, -0.25) is 0 Å². The first-order chi connectivity index (χ1) is 7.86. The van der Waals surface area contributed by atoms with Crippen LogP contribution in [0.3, 0.4) is 0 Å². The number of rotatable bonds is 9. The van der Waals surface area contributed by atoms with Crippen LogP contribution in [0.25, 0.3) is 0 Å². The molecule has 0 radical (unpaired) electrons. The Hall–Kier alpha value is -0.310. The van der Waals surface area contributed by atoms with E-state index in [0.29, 0.717) is 0 Å². The average Bonchev–Trinajstić information content (AvgIpc) is 2.76. The first kappa shape index (κ1) is 13.8. The van der Waals surface area contributed by atoms with E-state index < -0.39 is 0 Å². The third-order valence-corrected chi connectivity index (χ3v) is 3.33. The Morgan fingerprint density at radius 1 is 1.12 bits per heavy atom. The quantitative estimate of drug-likeness (QED) is 0.479. The molecule has 0 aliphatic heterocycles. The fourth-order valence-electron chi connectivity index (χ4n) is 1.80. The number of aryl methyl sites for hydroxylation is 1. The van der Waals surface area contributed by atoms with Gasteiger partial charge in [-0.15, -0.1) is 0 Å². The van der Waals surface area contributed by atoms with Gasteiger partial charge in [-0.05, 0) is 12.8 Å². The van der Waals surface area contributed by atoms with Gasteiger partial charge in [0.2, 0.25) is 0 Å². The lowest BCUT2D eigenvalue weighted by molar-refractivity contribution is 0.387. The molecule has 92 valence electrons. The summed E-state index contributed by atoms with van der Waals surface area (Å²) < 4.78 is 5.13. The van der Waals surface area contributed by atoms with Gasteiger partial charge >= 0.3 is 0 Å². The van der Waals surface area contributed by atoms with Gasteiger partial charge in [0.1, 0.15) is 5.76 Å². The Bertz CT molecular complexity index is 273. The molecule has 0 aliphatic carbocycles. The molecule has 0 N–H and O–H groups in total. The van der Waals surface area contributed by atoms with Gasteiger partial charge in [0, 0.05) is 6.07 Å². The maximum absolute atomic E-state index is 5.13. The van der Waals surface area contributed by atoms with Gasteiger partial charge < -0.3 is 4.52 Å². The molecule has 0 atom stereocenters. The van der Waals surface area contributed by atoms with Gasteiger partial charge in [0.25, 0.3) is 0 Å². The zero-order chi connectivity index (χ0) is 11.6. The minimum atomic E-state index is 0.761. The van der Waals surface area contributed by atoms with Crippen LogP contribution in [0.2, 0.25) is 0 Å². The number of alkyl halides is 1. The van der Waals surface area contributed by atoms with Crippen molar-refractivity contribution in [3.8, 4) is 0 Å². The van der Waals surface area contributed by atoms with Crippen molar-refractivity contribution in [2.45, 2.75) is 63.6 Å². The summed E-state index contributed by atoms with van der Waals surface area (Å²) in [6.07, 6.45) is 10.5. The van der Waals surface area contributed by atoms with E-state index in [-0.39, 0.29) is 0 Å². The van der Waals surface area contributed by atoms with E-state index in [9.17, 15) is 0 Å². The van der Waals surface area contributed by atoms with Crippen molar-refractivity contribution in [3.05, 3.63) is 17.5 Å². The number of nitrogens with zero attached hydrogens (tertiary/aromatic N) is 1. The molecule has 0 amide bonds. The minimum Gasteiger partial charge on any atom is -0.360 e. The molecule has 0 unspecified atom stereocenters. The molecule has 1 rings (SSSR count). The summed E-state index contributed by atoms with van der Waals surface area (Å²) in [5, 5.41) is 4.79. The SMILES string of the molecule is CCCCCCCCCc1cc(CBr)on1. The summed E-state index contributed by atoms with van der Waals surface area (Å²) in [6.45, 7) is 2.26. The highest BCUT2D eigenvalue weighted by Crippen LogP contribution is 2.12. The Morgan fingerprint density at radius 3 is 2.44 bits per heavy atom. The number of hydrogen-bond donors (Lipinski definition) is 0. The zero-order valence-electron chi connectivity index (χ0n) is 10.2. The lowest BCUT2D eigenvalue weighted by atomic mass is 10.1. The summed E-state index contributed by atoms with van der Waals surface area (Å²) >= 11 is 3.35. The Labute approximate surface area is 107 Å². The number of unbranched alkanes of at least 4 members (excludes halogenated alkanes) is 6. The maximum Gasteiger partial charge on any atom is 0.147 e. The molecule has 1 heterocycles. The molecule has 0 bridgehead atoms. The van der Waals surface area contributed by atoms with Crippen LogP contribution in [-0.2, 0) is 11.8 Å². The van der Waals surface area contributed by atoms with Crippen LogP contribution < -0.4 is 0 Å². The fraction of sp³-hybridized carbons (Fsp3) is 0.769. The monoisotopic (exact) mass is 287 g/mol. The topological polar surface area (TPSA) is 26.0 Å². The third-order valence-electron chi connectivity index (χ3n) is 2.78. The number of aromatic nitrogens is 1. The van der Waals surface area contributed by atoms with Crippen molar-refractivity contribution in [1.29, 1.82) is 0 Å². The number of halogens is 1. The molecule has 0 aromatic carbocycles. The molecule has 1 aromatic rings. The van der Waals surface area contributed by atoms with Crippen molar-refractivity contribution < 1.29 is 4.52 Å². The van der Waals surface area contributed by atoms with E-state index in [0.717, 1.165) is 23.2 Å². The normalized spacial score (nSPS) is 10.9. The lowest BCUT2D eigenvalue weighted by Gasteiger charge is -1.99. The number of hydrogen-bond acceptors (Lipinski definition) is 2. The van der Waals surface area contributed by atoms with Gasteiger partial charge in [-0.1, -0.05) is 66.5 Å². The summed E-state index contributed by atoms with van der Waals surface area (Å²) in [4.78, 5) is 0. The molecule has 0 saturated carbocycles. The van der Waals surface area contributed by atoms with Crippen LogP contribution in [0, 0.1) is 0 Å². The van der Waals surface area contributed by atoms with Crippen LogP contribution in [0.5, 0.6) is 0 Å². The highest BCUT2D eigenvalue weighted by Gasteiger charge is 2.02. The largest absolute Gasteiger partial charge is 0.360 e.